The molecule has 3 saturated carbocycles. The summed E-state index contributed by atoms with van der Waals surface area (Å²) in [5, 5.41) is 20.5. The van der Waals surface area contributed by atoms with Crippen molar-refractivity contribution < 1.29 is 10.2 Å². The highest BCUT2D eigenvalue weighted by Crippen LogP contribution is 2.65. The van der Waals surface area contributed by atoms with E-state index in [1.54, 1.807) is 5.57 Å². The monoisotopic (exact) mass is 412 g/mol. The fourth-order valence-corrected chi connectivity index (χ4v) is 7.60. The molecule has 4 aliphatic carbocycles. The van der Waals surface area contributed by atoms with E-state index in [2.05, 4.69) is 52.0 Å². The Hall–Kier alpha value is -0.860. The number of aliphatic hydroxyl groups excluding tert-OH is 1. The van der Waals surface area contributed by atoms with Crippen LogP contribution in [-0.4, -0.2) is 21.9 Å². The van der Waals surface area contributed by atoms with Gasteiger partial charge in [0, 0.05) is 5.92 Å². The van der Waals surface area contributed by atoms with E-state index in [-0.39, 0.29) is 17.4 Å². The maximum absolute atomic E-state index is 10.3. The highest BCUT2D eigenvalue weighted by molar-refractivity contribution is 5.39. The summed E-state index contributed by atoms with van der Waals surface area (Å²) >= 11 is 0. The van der Waals surface area contributed by atoms with Crippen LogP contribution in [0.15, 0.2) is 35.5 Å². The Morgan fingerprint density at radius 3 is 2.43 bits per heavy atom. The van der Waals surface area contributed by atoms with Crippen molar-refractivity contribution in [3.8, 4) is 0 Å². The van der Waals surface area contributed by atoms with Gasteiger partial charge in [-0.05, 0) is 93.3 Å². The lowest BCUT2D eigenvalue weighted by atomic mass is 9.50. The van der Waals surface area contributed by atoms with Gasteiger partial charge >= 0.3 is 0 Å². The van der Waals surface area contributed by atoms with Crippen molar-refractivity contribution in [3.63, 3.8) is 0 Å². The highest BCUT2D eigenvalue weighted by Gasteiger charge is 2.56. The molecule has 0 radical (unpaired) electrons. The average molecular weight is 413 g/mol. The van der Waals surface area contributed by atoms with Crippen LogP contribution in [0, 0.1) is 40.4 Å². The standard InChI is InChI=1S/C28H44O2/c1-18(7-8-19(2)26(3,4)30)23-11-12-24-22-10-9-20-17-21(29)13-15-27(20,5)25(22)14-16-28(23,24)6/h7-10,18-19,21,23-25,29-30H,11-17H2,1-6H3/b8-7+/t18-,19+,21+,23-,24+,25+,27+,28-/m1/s1. The molecule has 0 unspecified atom stereocenters. The first-order chi connectivity index (χ1) is 14.0. The van der Waals surface area contributed by atoms with Crippen molar-refractivity contribution in [1.82, 2.24) is 0 Å². The summed E-state index contributed by atoms with van der Waals surface area (Å²) in [7, 11) is 0. The first kappa shape index (κ1) is 22.3. The molecule has 0 spiro atoms. The van der Waals surface area contributed by atoms with Crippen LogP contribution < -0.4 is 0 Å². The van der Waals surface area contributed by atoms with Gasteiger partial charge in [0.2, 0.25) is 0 Å². The van der Waals surface area contributed by atoms with Crippen molar-refractivity contribution in [3.05, 3.63) is 35.5 Å². The van der Waals surface area contributed by atoms with E-state index >= 15 is 0 Å². The van der Waals surface area contributed by atoms with Crippen LogP contribution in [0.2, 0.25) is 0 Å². The van der Waals surface area contributed by atoms with E-state index in [4.69, 9.17) is 0 Å². The molecular formula is C28H44O2. The number of aliphatic hydroxyl groups is 2. The van der Waals surface area contributed by atoms with E-state index in [1.165, 1.54) is 31.3 Å². The Labute approximate surface area is 184 Å². The first-order valence-electron chi connectivity index (χ1n) is 12.5. The molecule has 2 nitrogen and oxygen atoms in total. The Kier molecular flexibility index (Phi) is 5.68. The molecular weight excluding hydrogens is 368 g/mol. The van der Waals surface area contributed by atoms with Crippen LogP contribution in [0.1, 0.15) is 86.5 Å². The van der Waals surface area contributed by atoms with Gasteiger partial charge in [0.15, 0.2) is 0 Å². The SMILES string of the molecule is C[C@H](/C=C/[C@H](C)C(C)(C)O)[C@H]1CC[C@H]2C3=CC=C4C[C@@H](O)CC[C@]4(C)[C@H]3CC[C@]12C. The molecule has 8 atom stereocenters. The van der Waals surface area contributed by atoms with Crippen LogP contribution in [0.5, 0.6) is 0 Å². The Bertz CT molecular complexity index is 753. The van der Waals surface area contributed by atoms with Crippen LogP contribution >= 0.6 is 0 Å². The Morgan fingerprint density at radius 2 is 1.73 bits per heavy atom. The number of allylic oxidation sites excluding steroid dienone is 4. The number of hydrogen-bond donors (Lipinski definition) is 2. The average Bonchev–Trinajstić information content (AvgIpc) is 3.03. The lowest BCUT2D eigenvalue weighted by Crippen LogP contribution is -2.46. The second-order valence-electron chi connectivity index (χ2n) is 12.2. The fourth-order valence-electron chi connectivity index (χ4n) is 7.60. The van der Waals surface area contributed by atoms with Gasteiger partial charge in [-0.25, -0.2) is 0 Å². The van der Waals surface area contributed by atoms with Crippen molar-refractivity contribution in [2.24, 2.45) is 40.4 Å². The van der Waals surface area contributed by atoms with Crippen LogP contribution in [0.4, 0.5) is 0 Å². The third-order valence-electron chi connectivity index (χ3n) is 10.1. The summed E-state index contributed by atoms with van der Waals surface area (Å²) < 4.78 is 0. The maximum atomic E-state index is 10.3. The van der Waals surface area contributed by atoms with Gasteiger partial charge in [-0.3, -0.25) is 0 Å². The Balaban J connectivity index is 1.56. The summed E-state index contributed by atoms with van der Waals surface area (Å²) in [6.07, 6.45) is 17.6. The molecule has 4 aliphatic rings. The summed E-state index contributed by atoms with van der Waals surface area (Å²) in [5.74, 6) is 2.85. The van der Waals surface area contributed by atoms with Gasteiger partial charge < -0.3 is 10.2 Å². The van der Waals surface area contributed by atoms with Gasteiger partial charge in [0.25, 0.3) is 0 Å². The van der Waals surface area contributed by atoms with Crippen LogP contribution in [-0.2, 0) is 0 Å². The molecule has 0 saturated heterocycles. The number of hydrogen-bond acceptors (Lipinski definition) is 2. The Morgan fingerprint density at radius 1 is 1.00 bits per heavy atom. The minimum atomic E-state index is -0.656. The number of rotatable bonds is 4. The molecule has 0 aromatic heterocycles. The fraction of sp³-hybridized carbons (Fsp3) is 0.786. The number of fused-ring (bicyclic) bond motifs is 5. The van der Waals surface area contributed by atoms with E-state index in [0.717, 1.165) is 25.2 Å². The molecule has 3 fully saturated rings. The molecule has 0 aromatic rings. The zero-order valence-electron chi connectivity index (χ0n) is 20.1. The molecule has 168 valence electrons. The van der Waals surface area contributed by atoms with Crippen molar-refractivity contribution in [2.45, 2.75) is 98.2 Å². The van der Waals surface area contributed by atoms with Crippen molar-refractivity contribution in [2.75, 3.05) is 0 Å². The third-order valence-corrected chi connectivity index (χ3v) is 10.1. The molecule has 2 N–H and O–H groups in total. The summed E-state index contributed by atoms with van der Waals surface area (Å²) in [6, 6.07) is 0. The van der Waals surface area contributed by atoms with Crippen LogP contribution in [0.3, 0.4) is 0 Å². The predicted molar refractivity (Wildman–Crippen MR) is 125 cm³/mol. The molecule has 4 rings (SSSR count). The molecule has 0 aromatic carbocycles. The van der Waals surface area contributed by atoms with Crippen molar-refractivity contribution in [1.29, 1.82) is 0 Å². The smallest absolute Gasteiger partial charge is 0.0651 e. The highest BCUT2D eigenvalue weighted by atomic mass is 16.3. The topological polar surface area (TPSA) is 40.5 Å². The van der Waals surface area contributed by atoms with Gasteiger partial charge in [-0.1, -0.05) is 63.1 Å². The van der Waals surface area contributed by atoms with Gasteiger partial charge in [-0.15, -0.1) is 0 Å². The maximum Gasteiger partial charge on any atom is 0.0651 e. The quantitative estimate of drug-likeness (QED) is 0.521. The van der Waals surface area contributed by atoms with Crippen molar-refractivity contribution >= 4 is 0 Å². The molecule has 0 aliphatic heterocycles. The van der Waals surface area contributed by atoms with E-state index in [0.29, 0.717) is 23.2 Å². The van der Waals surface area contributed by atoms with E-state index in [9.17, 15) is 10.2 Å². The van der Waals surface area contributed by atoms with E-state index in [1.807, 2.05) is 13.8 Å². The lowest BCUT2D eigenvalue weighted by Gasteiger charge is -2.55. The summed E-state index contributed by atoms with van der Waals surface area (Å²) in [5.41, 5.74) is 3.24. The normalized spacial score (nSPS) is 43.3. The largest absolute Gasteiger partial charge is 0.393 e. The first-order valence-corrected chi connectivity index (χ1v) is 12.5. The zero-order valence-corrected chi connectivity index (χ0v) is 20.1. The second kappa shape index (κ2) is 7.62. The lowest BCUT2D eigenvalue weighted by molar-refractivity contribution is 0.0370. The zero-order chi connectivity index (χ0) is 21.9. The predicted octanol–water partition coefficient (Wildman–Crippen LogP) is 6.45. The summed E-state index contributed by atoms with van der Waals surface area (Å²) in [4.78, 5) is 0. The molecule has 0 heterocycles. The molecule has 0 bridgehead atoms. The molecule has 2 heteroatoms. The second-order valence-corrected chi connectivity index (χ2v) is 12.2. The van der Waals surface area contributed by atoms with Gasteiger partial charge in [0.1, 0.15) is 0 Å². The van der Waals surface area contributed by atoms with E-state index < -0.39 is 5.60 Å². The van der Waals surface area contributed by atoms with Crippen LogP contribution in [0.25, 0.3) is 0 Å². The summed E-state index contributed by atoms with van der Waals surface area (Å²) in [6.45, 7) is 13.4. The molecule has 0 amide bonds. The minimum absolute atomic E-state index is 0.136. The minimum Gasteiger partial charge on any atom is -0.393 e. The molecule has 30 heavy (non-hydrogen) atoms. The third kappa shape index (κ3) is 3.56. The van der Waals surface area contributed by atoms with Gasteiger partial charge in [-0.2, -0.15) is 0 Å². The van der Waals surface area contributed by atoms with Gasteiger partial charge in [0.05, 0.1) is 11.7 Å².